The van der Waals surface area contributed by atoms with Crippen molar-refractivity contribution in [2.24, 2.45) is 5.73 Å². The molecule has 2 heterocycles. The van der Waals surface area contributed by atoms with Crippen LogP contribution in [0.15, 0.2) is 89.2 Å². The lowest BCUT2D eigenvalue weighted by atomic mass is 9.88. The minimum Gasteiger partial charge on any atom is -0.497 e. The first-order chi connectivity index (χ1) is 16.9. The molecule has 2 aliphatic heterocycles. The van der Waals surface area contributed by atoms with Crippen LogP contribution in [-0.2, 0) is 21.3 Å². The predicted octanol–water partition coefficient (Wildman–Crippen LogP) is 4.36. The molecule has 9 heteroatoms. The molecule has 3 aromatic rings. The Hall–Kier alpha value is -4.29. The summed E-state index contributed by atoms with van der Waals surface area (Å²) in [5.41, 5.74) is 7.46. The Labute approximate surface area is 202 Å². The molecule has 0 spiro atoms. The van der Waals surface area contributed by atoms with Crippen molar-refractivity contribution in [2.45, 2.75) is 12.5 Å². The summed E-state index contributed by atoms with van der Waals surface area (Å²) in [6, 6.07) is 21.6. The molecule has 0 aliphatic carbocycles. The zero-order valence-electron chi connectivity index (χ0n) is 18.6. The molecule has 176 valence electrons. The summed E-state index contributed by atoms with van der Waals surface area (Å²) < 4.78 is 55.6. The zero-order valence-corrected chi connectivity index (χ0v) is 19.4. The van der Waals surface area contributed by atoms with Crippen LogP contribution >= 0.6 is 0 Å². The third-order valence-corrected chi connectivity index (χ3v) is 7.92. The number of sulfonamides is 1. The fourth-order valence-electron chi connectivity index (χ4n) is 4.44. The maximum atomic E-state index is 15.0. The third-order valence-electron chi connectivity index (χ3n) is 6.03. The summed E-state index contributed by atoms with van der Waals surface area (Å²) in [4.78, 5) is -0.227. The number of nitrogens with zero attached hydrogens (tertiary/aromatic N) is 2. The van der Waals surface area contributed by atoms with Crippen molar-refractivity contribution in [3.8, 4) is 11.8 Å². The van der Waals surface area contributed by atoms with Crippen molar-refractivity contribution >= 4 is 21.5 Å². The van der Waals surface area contributed by atoms with Gasteiger partial charge in [-0.3, -0.25) is 4.31 Å². The van der Waals surface area contributed by atoms with E-state index in [2.05, 4.69) is 0 Å². The van der Waals surface area contributed by atoms with Gasteiger partial charge < -0.3 is 15.2 Å². The molecule has 0 saturated heterocycles. The number of ether oxygens (including phenoxy) is 2. The highest BCUT2D eigenvalue weighted by Gasteiger charge is 2.47. The summed E-state index contributed by atoms with van der Waals surface area (Å²) in [5.74, 6) is -1.60. The van der Waals surface area contributed by atoms with Crippen LogP contribution in [-0.4, -0.2) is 15.5 Å². The Balaban J connectivity index is 1.76. The molecule has 0 amide bonds. The zero-order chi connectivity index (χ0) is 24.7. The fourth-order valence-corrected chi connectivity index (χ4v) is 6.34. The smallest absolute Gasteiger partial charge is 0.265 e. The van der Waals surface area contributed by atoms with Crippen molar-refractivity contribution in [2.75, 3.05) is 11.4 Å². The molecule has 0 bridgehead atoms. The third kappa shape index (κ3) is 3.59. The number of rotatable bonds is 4. The van der Waals surface area contributed by atoms with Crippen LogP contribution in [0.1, 0.15) is 22.6 Å². The number of halogens is 1. The molecule has 2 aliphatic rings. The van der Waals surface area contributed by atoms with E-state index in [1.54, 1.807) is 54.6 Å². The summed E-state index contributed by atoms with van der Waals surface area (Å²) in [7, 11) is -2.77. The van der Waals surface area contributed by atoms with E-state index in [-0.39, 0.29) is 34.2 Å². The molecule has 5 rings (SSSR count). The van der Waals surface area contributed by atoms with Crippen LogP contribution < -0.4 is 14.8 Å². The molecular formula is C26H20FN3O4S. The van der Waals surface area contributed by atoms with E-state index in [4.69, 9.17) is 15.2 Å². The van der Waals surface area contributed by atoms with Gasteiger partial charge in [-0.05, 0) is 35.9 Å². The molecule has 0 unspecified atom stereocenters. The second kappa shape index (κ2) is 8.49. The van der Waals surface area contributed by atoms with Crippen LogP contribution in [0.5, 0.6) is 5.75 Å². The summed E-state index contributed by atoms with van der Waals surface area (Å²) in [6.45, 7) is -0.0155. The Morgan fingerprint density at radius 3 is 2.60 bits per heavy atom. The number of allylic oxidation sites excluding steroid dienone is 2. The van der Waals surface area contributed by atoms with Crippen molar-refractivity contribution in [3.05, 3.63) is 112 Å². The van der Waals surface area contributed by atoms with Gasteiger partial charge in [0.05, 0.1) is 25.3 Å². The van der Waals surface area contributed by atoms with Crippen LogP contribution in [0.3, 0.4) is 0 Å². The van der Waals surface area contributed by atoms with Crippen molar-refractivity contribution in [3.63, 3.8) is 0 Å². The number of nitriles is 1. The molecule has 2 N–H and O–H groups in total. The Kier molecular flexibility index (Phi) is 5.46. The highest BCUT2D eigenvalue weighted by molar-refractivity contribution is 7.96. The minimum absolute atomic E-state index is 0.00718. The Morgan fingerprint density at radius 1 is 1.11 bits per heavy atom. The number of methoxy groups -OCH3 is 1. The number of hydrogen-bond donors (Lipinski definition) is 1. The lowest BCUT2D eigenvalue weighted by Gasteiger charge is -2.38. The topological polar surface area (TPSA) is 106 Å². The summed E-state index contributed by atoms with van der Waals surface area (Å²) in [6.07, 6.45) is 0. The van der Waals surface area contributed by atoms with Crippen molar-refractivity contribution in [1.29, 1.82) is 5.26 Å². The highest BCUT2D eigenvalue weighted by Crippen LogP contribution is 2.51. The molecule has 0 fully saturated rings. The normalized spacial score (nSPS) is 18.3. The van der Waals surface area contributed by atoms with E-state index >= 15 is 0 Å². The number of fused-ring (bicyclic) bond motifs is 2. The van der Waals surface area contributed by atoms with E-state index in [1.807, 2.05) is 6.07 Å². The number of anilines is 1. The average molecular weight is 490 g/mol. The maximum absolute atomic E-state index is 15.0. The summed E-state index contributed by atoms with van der Waals surface area (Å²) in [5, 5.41) is 9.86. The van der Waals surface area contributed by atoms with E-state index < -0.39 is 21.8 Å². The first-order valence-electron chi connectivity index (χ1n) is 10.7. The molecule has 0 saturated carbocycles. The number of hydrogen-bond acceptors (Lipinski definition) is 6. The highest BCUT2D eigenvalue weighted by atomic mass is 32.2. The Bertz CT molecular complexity index is 1560. The van der Waals surface area contributed by atoms with Gasteiger partial charge in [-0.25, -0.2) is 12.8 Å². The SMILES string of the molecule is COc1cccc(CN2c3ccccc3C3=C([C@@H](c4ccccc4F)C(C#N)=C(N)O3)S2(=O)=O)c1. The van der Waals surface area contributed by atoms with E-state index in [9.17, 15) is 18.1 Å². The second-order valence-electron chi connectivity index (χ2n) is 8.02. The van der Waals surface area contributed by atoms with Gasteiger partial charge in [-0.1, -0.05) is 42.5 Å². The fraction of sp³-hybridized carbons (Fsp3) is 0.115. The molecule has 0 aromatic heterocycles. The molecule has 7 nitrogen and oxygen atoms in total. The van der Waals surface area contributed by atoms with Gasteiger partial charge in [0.2, 0.25) is 5.88 Å². The van der Waals surface area contributed by atoms with Gasteiger partial charge in [0.25, 0.3) is 10.0 Å². The largest absolute Gasteiger partial charge is 0.497 e. The van der Waals surface area contributed by atoms with Crippen molar-refractivity contribution in [1.82, 2.24) is 0 Å². The quantitative estimate of drug-likeness (QED) is 0.584. The van der Waals surface area contributed by atoms with Gasteiger partial charge in [-0.2, -0.15) is 5.26 Å². The van der Waals surface area contributed by atoms with Crippen LogP contribution in [0.25, 0.3) is 5.76 Å². The lowest BCUT2D eigenvalue weighted by Crippen LogP contribution is -2.39. The maximum Gasteiger partial charge on any atom is 0.265 e. The predicted molar refractivity (Wildman–Crippen MR) is 129 cm³/mol. The first-order valence-corrected chi connectivity index (χ1v) is 12.1. The Morgan fingerprint density at radius 2 is 1.86 bits per heavy atom. The van der Waals surface area contributed by atoms with Gasteiger partial charge in [0.1, 0.15) is 28.1 Å². The molecule has 0 radical (unpaired) electrons. The van der Waals surface area contributed by atoms with Gasteiger partial charge in [0.15, 0.2) is 5.76 Å². The molecular weight excluding hydrogens is 469 g/mol. The first kappa shape index (κ1) is 22.5. The van der Waals surface area contributed by atoms with E-state index in [1.165, 1.54) is 29.6 Å². The van der Waals surface area contributed by atoms with Crippen LogP contribution in [0.2, 0.25) is 0 Å². The van der Waals surface area contributed by atoms with Gasteiger partial charge in [-0.15, -0.1) is 0 Å². The van der Waals surface area contributed by atoms with E-state index in [0.717, 1.165) is 0 Å². The molecule has 3 aromatic carbocycles. The van der Waals surface area contributed by atoms with Crippen LogP contribution in [0, 0.1) is 17.1 Å². The molecule has 35 heavy (non-hydrogen) atoms. The second-order valence-corrected chi connectivity index (χ2v) is 9.85. The van der Waals surface area contributed by atoms with Gasteiger partial charge in [0, 0.05) is 11.1 Å². The lowest BCUT2D eigenvalue weighted by molar-refractivity contribution is 0.357. The van der Waals surface area contributed by atoms with E-state index in [0.29, 0.717) is 22.6 Å². The average Bonchev–Trinajstić information content (AvgIpc) is 2.86. The number of benzene rings is 3. The van der Waals surface area contributed by atoms with Gasteiger partial charge >= 0.3 is 0 Å². The summed E-state index contributed by atoms with van der Waals surface area (Å²) >= 11 is 0. The standard InChI is InChI=1S/C26H20FN3O4S/c1-33-17-8-6-7-16(13-17)15-30-22-12-5-3-10-19(22)24-25(35(30,31)32)23(20(14-28)26(29)34-24)18-9-2-4-11-21(18)27/h2-13,23H,15,29H2,1H3/t23-/m0/s1. The van der Waals surface area contributed by atoms with Crippen molar-refractivity contribution < 1.29 is 22.3 Å². The van der Waals surface area contributed by atoms with Crippen LogP contribution in [0.4, 0.5) is 10.1 Å². The molecule has 1 atom stereocenters. The number of nitrogens with two attached hydrogens (primary N) is 1. The number of para-hydroxylation sites is 1. The monoisotopic (exact) mass is 489 g/mol. The minimum atomic E-state index is -4.30.